The Hall–Kier alpha value is -2.25. The van der Waals surface area contributed by atoms with Gasteiger partial charge in [0.05, 0.1) is 38.6 Å². The molecule has 1 amide bonds. The van der Waals surface area contributed by atoms with Crippen molar-refractivity contribution in [1.29, 1.82) is 0 Å². The van der Waals surface area contributed by atoms with Crippen molar-refractivity contribution in [3.63, 3.8) is 0 Å². The van der Waals surface area contributed by atoms with E-state index in [2.05, 4.69) is 67.8 Å². The summed E-state index contributed by atoms with van der Waals surface area (Å²) in [5.41, 5.74) is 0. The van der Waals surface area contributed by atoms with Crippen molar-refractivity contribution < 1.29 is 89.4 Å². The molecule has 0 aromatic carbocycles. The summed E-state index contributed by atoms with van der Waals surface area (Å²) in [5, 5.41) is 121. The summed E-state index contributed by atoms with van der Waals surface area (Å²) >= 11 is 0. The van der Waals surface area contributed by atoms with E-state index in [0.29, 0.717) is 12.8 Å². The van der Waals surface area contributed by atoms with E-state index in [1.165, 1.54) is 148 Å². The molecule has 17 atom stereocenters. The minimum atomic E-state index is -1.97. The zero-order valence-electron chi connectivity index (χ0n) is 54.9. The van der Waals surface area contributed by atoms with Crippen LogP contribution in [0, 0.1) is 0 Å². The van der Waals surface area contributed by atoms with E-state index >= 15 is 0 Å². The van der Waals surface area contributed by atoms with Crippen molar-refractivity contribution in [1.82, 2.24) is 5.32 Å². The largest absolute Gasteiger partial charge is 0.394 e. The van der Waals surface area contributed by atoms with E-state index < -0.39 is 124 Å². The molecule has 89 heavy (non-hydrogen) atoms. The van der Waals surface area contributed by atoms with E-state index in [9.17, 15) is 61.0 Å². The summed E-state index contributed by atoms with van der Waals surface area (Å²) in [6.45, 7) is 1.71. The van der Waals surface area contributed by atoms with Gasteiger partial charge in [-0.15, -0.1) is 0 Å². The van der Waals surface area contributed by atoms with Crippen LogP contribution in [0.1, 0.15) is 258 Å². The monoisotopic (exact) mass is 1270 g/mol. The standard InChI is InChI=1S/C70H127NO18/c1-3-5-7-9-11-13-15-17-19-21-23-24-25-26-27-28-30-32-34-36-38-40-42-44-46-48-58(76)71-53(54(75)47-45-43-41-39-37-35-33-31-29-22-20-18-16-14-12-10-8-6-4-2)52-84-68-64(82)61(79)66(56(50-73)86-68)89-70-65(83)62(80)67(57(51-74)87-70)88-69-63(81)60(78)59(77)55(49-72)85-69/h5,7,11,13,17,19,23-24,53-57,59-70,72-75,77-83H,3-4,6,8-10,12,14-16,18,20-22,25-52H2,1-2H3,(H,71,76)/b7-5-,13-11-,19-17-,24-23-. The molecule has 0 aromatic heterocycles. The van der Waals surface area contributed by atoms with E-state index in [0.717, 1.165) is 77.0 Å². The number of aliphatic hydroxyl groups excluding tert-OH is 11. The molecule has 17 unspecified atom stereocenters. The molecule has 0 radical (unpaired) electrons. The molecule has 0 bridgehead atoms. The van der Waals surface area contributed by atoms with Gasteiger partial charge in [-0.05, 0) is 51.4 Å². The molecule has 19 heteroatoms. The normalized spacial score (nSPS) is 28.5. The van der Waals surface area contributed by atoms with Gasteiger partial charge in [-0.25, -0.2) is 0 Å². The van der Waals surface area contributed by atoms with Gasteiger partial charge in [0.1, 0.15) is 73.2 Å². The van der Waals surface area contributed by atoms with Gasteiger partial charge in [0, 0.05) is 6.42 Å². The lowest BCUT2D eigenvalue weighted by atomic mass is 9.96. The number of amides is 1. The average Bonchev–Trinajstić information content (AvgIpc) is 2.44. The van der Waals surface area contributed by atoms with Crippen LogP contribution in [-0.2, 0) is 33.2 Å². The van der Waals surface area contributed by atoms with Gasteiger partial charge in [0.25, 0.3) is 0 Å². The third kappa shape index (κ3) is 34.1. The van der Waals surface area contributed by atoms with Gasteiger partial charge in [-0.3, -0.25) is 4.79 Å². The maximum atomic E-state index is 13.4. The van der Waals surface area contributed by atoms with E-state index in [4.69, 9.17) is 28.4 Å². The zero-order chi connectivity index (χ0) is 64.7. The molecule has 3 aliphatic heterocycles. The van der Waals surface area contributed by atoms with Crippen LogP contribution < -0.4 is 5.32 Å². The molecule has 0 saturated carbocycles. The molecule has 0 spiro atoms. The highest BCUT2D eigenvalue weighted by Gasteiger charge is 2.53. The molecule has 3 fully saturated rings. The number of hydrogen-bond donors (Lipinski definition) is 12. The van der Waals surface area contributed by atoms with Crippen molar-refractivity contribution in [2.24, 2.45) is 0 Å². The second kappa shape index (κ2) is 52.1. The summed E-state index contributed by atoms with van der Waals surface area (Å²) in [4.78, 5) is 13.4. The SMILES string of the molecule is CC/C=C\C/C=C\C/C=C\C/C=C\CCCCCCCCCCCCCCC(=O)NC(COC1OC(CO)C(OC2OC(CO)C(OC3OC(CO)C(O)C(O)C3O)C(O)C2O)C(O)C1O)C(O)CCCCCCCCCCCCCCCCCCCCC. The van der Waals surface area contributed by atoms with Crippen molar-refractivity contribution in [3.8, 4) is 0 Å². The Labute approximate surface area is 535 Å². The Morgan fingerprint density at radius 2 is 0.775 bits per heavy atom. The first-order chi connectivity index (χ1) is 43.3. The molecule has 3 rings (SSSR count). The van der Waals surface area contributed by atoms with E-state index in [1.807, 2.05) is 0 Å². The van der Waals surface area contributed by atoms with Gasteiger partial charge in [0.2, 0.25) is 5.91 Å². The number of nitrogens with one attached hydrogen (secondary N) is 1. The number of unbranched alkanes of at least 4 members (excludes halogenated alkanes) is 30. The van der Waals surface area contributed by atoms with Crippen LogP contribution in [0.25, 0.3) is 0 Å². The molecule has 0 aromatic rings. The number of rotatable bonds is 54. The Morgan fingerprint density at radius 3 is 1.21 bits per heavy atom. The lowest BCUT2D eigenvalue weighted by Crippen LogP contribution is -2.66. The first-order valence-electron chi connectivity index (χ1n) is 35.4. The van der Waals surface area contributed by atoms with Gasteiger partial charge in [-0.2, -0.15) is 0 Å². The Balaban J connectivity index is 1.42. The highest BCUT2D eigenvalue weighted by molar-refractivity contribution is 5.76. The van der Waals surface area contributed by atoms with E-state index in [-0.39, 0.29) is 18.9 Å². The lowest BCUT2D eigenvalue weighted by Gasteiger charge is -2.48. The summed E-state index contributed by atoms with van der Waals surface area (Å²) in [7, 11) is 0. The Morgan fingerprint density at radius 1 is 0.416 bits per heavy atom. The Bertz CT molecular complexity index is 1800. The van der Waals surface area contributed by atoms with Gasteiger partial charge in [-0.1, -0.05) is 249 Å². The van der Waals surface area contributed by atoms with Crippen molar-refractivity contribution >= 4 is 5.91 Å². The smallest absolute Gasteiger partial charge is 0.220 e. The molecule has 520 valence electrons. The average molecular weight is 1270 g/mol. The number of allylic oxidation sites excluding steroid dienone is 8. The molecular formula is C70H127NO18. The van der Waals surface area contributed by atoms with Crippen molar-refractivity contribution in [2.75, 3.05) is 26.4 Å². The van der Waals surface area contributed by atoms with Crippen molar-refractivity contribution in [2.45, 2.75) is 362 Å². The molecular weight excluding hydrogens is 1140 g/mol. The highest BCUT2D eigenvalue weighted by atomic mass is 16.8. The van der Waals surface area contributed by atoms with Crippen LogP contribution in [0.15, 0.2) is 48.6 Å². The van der Waals surface area contributed by atoms with Crippen LogP contribution in [0.3, 0.4) is 0 Å². The lowest BCUT2D eigenvalue weighted by molar-refractivity contribution is -0.379. The number of carbonyl (C=O) groups is 1. The van der Waals surface area contributed by atoms with Gasteiger partial charge < -0.3 is 89.9 Å². The molecule has 12 N–H and O–H groups in total. The van der Waals surface area contributed by atoms with Crippen LogP contribution in [0.2, 0.25) is 0 Å². The predicted molar refractivity (Wildman–Crippen MR) is 346 cm³/mol. The first-order valence-corrected chi connectivity index (χ1v) is 35.4. The Kier molecular flexibility index (Phi) is 47.4. The van der Waals surface area contributed by atoms with Crippen LogP contribution in [-0.4, -0.2) is 193 Å². The molecule has 3 saturated heterocycles. The number of hydrogen-bond acceptors (Lipinski definition) is 18. The minimum absolute atomic E-state index is 0.244. The third-order valence-electron chi connectivity index (χ3n) is 17.7. The first kappa shape index (κ1) is 81.0. The number of aliphatic hydroxyl groups is 11. The topological polar surface area (TPSA) is 307 Å². The summed E-state index contributed by atoms with van der Waals surface area (Å²) in [5.74, 6) is -0.244. The number of ether oxygens (including phenoxy) is 6. The maximum absolute atomic E-state index is 13.4. The summed E-state index contributed by atoms with van der Waals surface area (Å²) in [6, 6.07) is -0.890. The third-order valence-corrected chi connectivity index (χ3v) is 17.7. The molecule has 19 nitrogen and oxygen atoms in total. The van der Waals surface area contributed by atoms with Crippen molar-refractivity contribution in [3.05, 3.63) is 48.6 Å². The van der Waals surface area contributed by atoms with Gasteiger partial charge in [0.15, 0.2) is 18.9 Å². The molecule has 3 heterocycles. The maximum Gasteiger partial charge on any atom is 0.220 e. The highest BCUT2D eigenvalue weighted by Crippen LogP contribution is 2.33. The molecule has 3 aliphatic rings. The fourth-order valence-electron chi connectivity index (χ4n) is 12.0. The van der Waals surface area contributed by atoms with Gasteiger partial charge >= 0.3 is 0 Å². The summed E-state index contributed by atoms with van der Waals surface area (Å²) < 4.78 is 34.4. The van der Waals surface area contributed by atoms with Crippen LogP contribution in [0.5, 0.6) is 0 Å². The quantitative estimate of drug-likeness (QED) is 0.0199. The summed E-state index contributed by atoms with van der Waals surface area (Å²) in [6.07, 6.45) is 34.6. The number of carbonyl (C=O) groups excluding carboxylic acids is 1. The minimum Gasteiger partial charge on any atom is -0.394 e. The second-order valence-electron chi connectivity index (χ2n) is 25.3. The fourth-order valence-corrected chi connectivity index (χ4v) is 12.0. The second-order valence-corrected chi connectivity index (χ2v) is 25.3. The fraction of sp³-hybridized carbons (Fsp3) is 0.871. The predicted octanol–water partition coefficient (Wildman–Crippen LogP) is 9.39. The van der Waals surface area contributed by atoms with Crippen LogP contribution in [0.4, 0.5) is 0 Å². The van der Waals surface area contributed by atoms with Crippen LogP contribution >= 0.6 is 0 Å². The van der Waals surface area contributed by atoms with E-state index in [1.54, 1.807) is 0 Å². The molecule has 0 aliphatic carbocycles. The zero-order valence-corrected chi connectivity index (χ0v) is 54.9.